The SMILES string of the molecule is O=C(CNC(=O)c1ccccc1)N[C@H]1CCN(S(=O)(=O)c2cccc3cncc(Cl)c23)C1. The molecule has 0 bridgehead atoms. The molecule has 0 spiro atoms. The van der Waals surface area contributed by atoms with Crippen LogP contribution < -0.4 is 10.6 Å². The zero-order chi connectivity index (χ0) is 22.7. The van der Waals surface area contributed by atoms with Crippen molar-refractivity contribution in [1.82, 2.24) is 19.9 Å². The molecule has 4 rings (SSSR count). The van der Waals surface area contributed by atoms with Crippen molar-refractivity contribution in [3.63, 3.8) is 0 Å². The standard InChI is InChI=1S/C22H21ClN4O4S/c23-18-12-24-11-16-7-4-8-19(21(16)18)32(30,31)27-10-9-17(14-27)26-20(28)13-25-22(29)15-5-2-1-3-6-15/h1-8,11-12,17H,9-10,13-14H2,(H,25,29)(H,26,28)/t17-/m0/s1. The molecule has 3 aromatic rings. The van der Waals surface area contributed by atoms with Gasteiger partial charge in [-0.05, 0) is 24.6 Å². The Hall–Kier alpha value is -3.01. The maximum atomic E-state index is 13.3. The van der Waals surface area contributed by atoms with E-state index in [1.165, 1.54) is 16.6 Å². The predicted molar refractivity (Wildman–Crippen MR) is 121 cm³/mol. The van der Waals surface area contributed by atoms with Gasteiger partial charge in [-0.2, -0.15) is 4.31 Å². The fourth-order valence-corrected chi connectivity index (χ4v) is 5.77. The highest BCUT2D eigenvalue weighted by atomic mass is 35.5. The van der Waals surface area contributed by atoms with Crippen LogP contribution in [0.5, 0.6) is 0 Å². The average molecular weight is 473 g/mol. The monoisotopic (exact) mass is 472 g/mol. The quantitative estimate of drug-likeness (QED) is 0.571. The van der Waals surface area contributed by atoms with Crippen molar-refractivity contribution in [3.8, 4) is 0 Å². The van der Waals surface area contributed by atoms with Crippen molar-refractivity contribution in [2.45, 2.75) is 17.4 Å². The van der Waals surface area contributed by atoms with Crippen LogP contribution in [-0.2, 0) is 14.8 Å². The largest absolute Gasteiger partial charge is 0.350 e. The van der Waals surface area contributed by atoms with Gasteiger partial charge in [-0.1, -0.05) is 41.9 Å². The Kier molecular flexibility index (Phi) is 6.40. The summed E-state index contributed by atoms with van der Waals surface area (Å²) in [5, 5.41) is 6.69. The normalized spacial score (nSPS) is 16.7. The minimum absolute atomic E-state index is 0.115. The molecular weight excluding hydrogens is 452 g/mol. The number of sulfonamides is 1. The summed E-state index contributed by atoms with van der Waals surface area (Å²) in [4.78, 5) is 28.5. The number of aromatic nitrogens is 1. The number of carbonyl (C=O) groups is 2. The van der Waals surface area contributed by atoms with Crippen LogP contribution in [-0.4, -0.2) is 55.2 Å². The fraction of sp³-hybridized carbons (Fsp3) is 0.227. The first kappa shape index (κ1) is 22.2. The second kappa shape index (κ2) is 9.23. The van der Waals surface area contributed by atoms with E-state index < -0.39 is 10.0 Å². The van der Waals surface area contributed by atoms with Crippen LogP contribution in [0.1, 0.15) is 16.8 Å². The molecule has 32 heavy (non-hydrogen) atoms. The molecule has 1 aromatic heterocycles. The third-order valence-electron chi connectivity index (χ3n) is 5.28. The molecule has 1 aliphatic rings. The number of nitrogens with zero attached hydrogens (tertiary/aromatic N) is 2. The molecule has 10 heteroatoms. The van der Waals surface area contributed by atoms with Gasteiger partial charge in [0.05, 0.1) is 16.5 Å². The Bertz CT molecular complexity index is 1260. The van der Waals surface area contributed by atoms with Gasteiger partial charge in [-0.25, -0.2) is 8.42 Å². The Morgan fingerprint density at radius 2 is 1.88 bits per heavy atom. The third-order valence-corrected chi connectivity index (χ3v) is 7.47. The number of pyridine rings is 1. The molecule has 2 aromatic carbocycles. The highest BCUT2D eigenvalue weighted by Gasteiger charge is 2.34. The number of amides is 2. The number of fused-ring (bicyclic) bond motifs is 1. The summed E-state index contributed by atoms with van der Waals surface area (Å²) < 4.78 is 27.9. The summed E-state index contributed by atoms with van der Waals surface area (Å²) in [6.07, 6.45) is 3.45. The van der Waals surface area contributed by atoms with Crippen LogP contribution in [0.3, 0.4) is 0 Å². The smallest absolute Gasteiger partial charge is 0.251 e. The van der Waals surface area contributed by atoms with Crippen LogP contribution in [0.25, 0.3) is 10.8 Å². The molecule has 0 unspecified atom stereocenters. The number of hydrogen-bond acceptors (Lipinski definition) is 5. The van der Waals surface area contributed by atoms with Crippen LogP contribution >= 0.6 is 11.6 Å². The van der Waals surface area contributed by atoms with Crippen molar-refractivity contribution < 1.29 is 18.0 Å². The summed E-state index contributed by atoms with van der Waals surface area (Å²) in [5.41, 5.74) is 0.461. The summed E-state index contributed by atoms with van der Waals surface area (Å²) >= 11 is 6.24. The highest BCUT2D eigenvalue weighted by Crippen LogP contribution is 2.32. The topological polar surface area (TPSA) is 108 Å². The van der Waals surface area contributed by atoms with Gasteiger partial charge in [-0.3, -0.25) is 14.6 Å². The van der Waals surface area contributed by atoms with Gasteiger partial charge in [-0.15, -0.1) is 0 Å². The molecule has 8 nitrogen and oxygen atoms in total. The summed E-state index contributed by atoms with van der Waals surface area (Å²) in [7, 11) is -3.82. The lowest BCUT2D eigenvalue weighted by atomic mass is 10.2. The molecule has 0 saturated carbocycles. The van der Waals surface area contributed by atoms with Crippen molar-refractivity contribution >= 4 is 44.2 Å². The summed E-state index contributed by atoms with van der Waals surface area (Å²) in [6.45, 7) is 0.214. The number of carbonyl (C=O) groups excluding carboxylic acids is 2. The van der Waals surface area contributed by atoms with Gasteiger partial charge in [0.15, 0.2) is 0 Å². The molecule has 1 atom stereocenters. The van der Waals surface area contributed by atoms with Crippen LogP contribution in [0.4, 0.5) is 0 Å². The Balaban J connectivity index is 1.39. The van der Waals surface area contributed by atoms with Crippen molar-refractivity contribution in [2.75, 3.05) is 19.6 Å². The van der Waals surface area contributed by atoms with Gasteiger partial charge < -0.3 is 10.6 Å². The first-order valence-electron chi connectivity index (χ1n) is 10.0. The van der Waals surface area contributed by atoms with E-state index >= 15 is 0 Å². The van der Waals surface area contributed by atoms with Crippen LogP contribution in [0.2, 0.25) is 5.02 Å². The third kappa shape index (κ3) is 4.59. The van der Waals surface area contributed by atoms with E-state index in [0.717, 1.165) is 0 Å². The van der Waals surface area contributed by atoms with Gasteiger partial charge >= 0.3 is 0 Å². The number of hydrogen-bond donors (Lipinski definition) is 2. The first-order chi connectivity index (χ1) is 15.4. The Morgan fingerprint density at radius 1 is 1.09 bits per heavy atom. The minimum atomic E-state index is -3.82. The fourth-order valence-electron chi connectivity index (χ4n) is 3.71. The predicted octanol–water partition coefficient (Wildman–Crippen LogP) is 2.20. The Labute approximate surface area is 190 Å². The molecule has 0 aliphatic carbocycles. The van der Waals surface area contributed by atoms with E-state index in [1.807, 2.05) is 0 Å². The van der Waals surface area contributed by atoms with Gasteiger partial charge in [0.2, 0.25) is 15.9 Å². The minimum Gasteiger partial charge on any atom is -0.350 e. The molecule has 1 aliphatic heterocycles. The van der Waals surface area contributed by atoms with E-state index in [4.69, 9.17) is 11.6 Å². The molecule has 2 heterocycles. The molecule has 1 saturated heterocycles. The number of nitrogens with one attached hydrogen (secondary N) is 2. The zero-order valence-electron chi connectivity index (χ0n) is 17.0. The van der Waals surface area contributed by atoms with Crippen molar-refractivity contribution in [3.05, 3.63) is 71.5 Å². The number of halogens is 1. The zero-order valence-corrected chi connectivity index (χ0v) is 18.6. The summed E-state index contributed by atoms with van der Waals surface area (Å²) in [6, 6.07) is 13.2. The van der Waals surface area contributed by atoms with Crippen LogP contribution in [0.15, 0.2) is 65.8 Å². The van der Waals surface area contributed by atoms with Gasteiger partial charge in [0, 0.05) is 47.9 Å². The highest BCUT2D eigenvalue weighted by molar-refractivity contribution is 7.89. The van der Waals surface area contributed by atoms with Gasteiger partial charge in [0.25, 0.3) is 5.91 Å². The molecule has 1 fully saturated rings. The lowest BCUT2D eigenvalue weighted by molar-refractivity contribution is -0.120. The molecule has 2 amide bonds. The number of rotatable bonds is 6. The molecule has 0 radical (unpaired) electrons. The van der Waals surface area contributed by atoms with E-state index in [1.54, 1.807) is 48.7 Å². The maximum Gasteiger partial charge on any atom is 0.251 e. The lowest BCUT2D eigenvalue weighted by Crippen LogP contribution is -2.43. The summed E-state index contributed by atoms with van der Waals surface area (Å²) in [5.74, 6) is -0.725. The van der Waals surface area contributed by atoms with Gasteiger partial charge in [0.1, 0.15) is 0 Å². The maximum absolute atomic E-state index is 13.3. The van der Waals surface area contributed by atoms with E-state index in [2.05, 4.69) is 15.6 Å². The molecule has 2 N–H and O–H groups in total. The lowest BCUT2D eigenvalue weighted by Gasteiger charge is -2.19. The number of benzene rings is 2. The average Bonchev–Trinajstić information content (AvgIpc) is 3.27. The second-order valence-electron chi connectivity index (χ2n) is 7.44. The second-order valence-corrected chi connectivity index (χ2v) is 9.75. The van der Waals surface area contributed by atoms with Crippen molar-refractivity contribution in [2.24, 2.45) is 0 Å². The van der Waals surface area contributed by atoms with E-state index in [-0.39, 0.29) is 47.4 Å². The Morgan fingerprint density at radius 3 is 2.66 bits per heavy atom. The van der Waals surface area contributed by atoms with Crippen LogP contribution in [0, 0.1) is 0 Å². The van der Waals surface area contributed by atoms with E-state index in [9.17, 15) is 18.0 Å². The van der Waals surface area contributed by atoms with Crippen molar-refractivity contribution in [1.29, 1.82) is 0 Å². The molecule has 166 valence electrons. The molecular formula is C22H21ClN4O4S. The van der Waals surface area contributed by atoms with E-state index in [0.29, 0.717) is 22.8 Å². The first-order valence-corrected chi connectivity index (χ1v) is 11.8.